The average molecular weight is 231 g/mol. The molecule has 0 bridgehead atoms. The fourth-order valence-electron chi connectivity index (χ4n) is 2.14. The third-order valence-electron chi connectivity index (χ3n) is 3.67. The summed E-state index contributed by atoms with van der Waals surface area (Å²) in [4.78, 5) is 10.7. The molecule has 0 aliphatic heterocycles. The molecule has 90 valence electrons. The Balaban J connectivity index is 1.91. The molecule has 1 atom stereocenters. The van der Waals surface area contributed by atoms with Crippen molar-refractivity contribution in [3.8, 4) is 0 Å². The molecule has 1 saturated carbocycles. The number of hydrogen-bond acceptors (Lipinski definition) is 3. The Morgan fingerprint density at radius 3 is 2.47 bits per heavy atom. The van der Waals surface area contributed by atoms with E-state index >= 15 is 0 Å². The predicted molar refractivity (Wildman–Crippen MR) is 66.0 cm³/mol. The molecule has 0 aromatic heterocycles. The lowest BCUT2D eigenvalue weighted by Gasteiger charge is -2.13. The first-order valence-electron chi connectivity index (χ1n) is 5.69. The SMILES string of the molecule is CC1(C)C(=C=O)C1(N)COCc1ccccc1. The lowest BCUT2D eigenvalue weighted by Crippen LogP contribution is -2.34. The first-order valence-corrected chi connectivity index (χ1v) is 5.69. The summed E-state index contributed by atoms with van der Waals surface area (Å²) in [6, 6.07) is 9.89. The monoisotopic (exact) mass is 231 g/mol. The molecule has 0 saturated heterocycles. The van der Waals surface area contributed by atoms with E-state index in [1.807, 2.05) is 50.1 Å². The molecule has 3 heteroatoms. The highest BCUT2D eigenvalue weighted by Gasteiger charge is 2.66. The topological polar surface area (TPSA) is 52.3 Å². The van der Waals surface area contributed by atoms with Crippen molar-refractivity contribution in [2.75, 3.05) is 6.61 Å². The van der Waals surface area contributed by atoms with Gasteiger partial charge in [-0.15, -0.1) is 0 Å². The van der Waals surface area contributed by atoms with E-state index in [0.29, 0.717) is 18.8 Å². The van der Waals surface area contributed by atoms with Crippen LogP contribution in [0.1, 0.15) is 19.4 Å². The fraction of sp³-hybridized carbons (Fsp3) is 0.429. The van der Waals surface area contributed by atoms with Crippen molar-refractivity contribution < 1.29 is 9.53 Å². The standard InChI is InChI=1S/C14H17NO2/c1-13(2)12(8-16)14(13,15)10-17-9-11-6-4-3-5-7-11/h3-7H,9-10,15H2,1-2H3. The smallest absolute Gasteiger partial charge is 0.126 e. The van der Waals surface area contributed by atoms with E-state index in [1.165, 1.54) is 0 Å². The van der Waals surface area contributed by atoms with Crippen LogP contribution in [0.5, 0.6) is 0 Å². The zero-order chi connectivity index (χ0) is 12.5. The normalized spacial score (nSPS) is 25.5. The molecule has 0 radical (unpaired) electrons. The van der Waals surface area contributed by atoms with Crippen LogP contribution in [0.4, 0.5) is 0 Å². The first-order chi connectivity index (χ1) is 8.02. The van der Waals surface area contributed by atoms with E-state index in [9.17, 15) is 4.79 Å². The fourth-order valence-corrected chi connectivity index (χ4v) is 2.14. The second-order valence-electron chi connectivity index (χ2n) is 5.05. The minimum absolute atomic E-state index is 0.286. The highest BCUT2D eigenvalue weighted by atomic mass is 16.5. The number of nitrogens with two attached hydrogens (primary N) is 1. The minimum Gasteiger partial charge on any atom is -0.374 e. The van der Waals surface area contributed by atoms with Crippen molar-refractivity contribution in [2.24, 2.45) is 11.1 Å². The molecule has 2 N–H and O–H groups in total. The van der Waals surface area contributed by atoms with E-state index in [4.69, 9.17) is 10.5 Å². The third-order valence-corrected chi connectivity index (χ3v) is 3.67. The molecule has 1 aromatic carbocycles. The summed E-state index contributed by atoms with van der Waals surface area (Å²) in [6.07, 6.45) is 0. The molecule has 0 spiro atoms. The molecule has 1 aliphatic rings. The van der Waals surface area contributed by atoms with Crippen LogP contribution < -0.4 is 5.73 Å². The molecule has 17 heavy (non-hydrogen) atoms. The number of benzene rings is 1. The van der Waals surface area contributed by atoms with Gasteiger partial charge in [0.25, 0.3) is 0 Å². The van der Waals surface area contributed by atoms with Crippen molar-refractivity contribution >= 4 is 5.94 Å². The van der Waals surface area contributed by atoms with Crippen LogP contribution in [-0.4, -0.2) is 18.1 Å². The van der Waals surface area contributed by atoms with Crippen molar-refractivity contribution in [2.45, 2.75) is 26.0 Å². The highest BCUT2D eigenvalue weighted by molar-refractivity contribution is 5.71. The van der Waals surface area contributed by atoms with Gasteiger partial charge in [-0.3, -0.25) is 0 Å². The number of rotatable bonds is 4. The van der Waals surface area contributed by atoms with Gasteiger partial charge >= 0.3 is 0 Å². The van der Waals surface area contributed by atoms with E-state index in [0.717, 1.165) is 5.56 Å². The van der Waals surface area contributed by atoms with Crippen molar-refractivity contribution in [1.82, 2.24) is 0 Å². The maximum atomic E-state index is 10.7. The Morgan fingerprint density at radius 2 is 1.94 bits per heavy atom. The van der Waals surface area contributed by atoms with E-state index in [-0.39, 0.29) is 5.41 Å². The van der Waals surface area contributed by atoms with Gasteiger partial charge in [-0.1, -0.05) is 44.2 Å². The third kappa shape index (κ3) is 1.93. The van der Waals surface area contributed by atoms with E-state index in [1.54, 1.807) is 0 Å². The minimum atomic E-state index is -0.635. The van der Waals surface area contributed by atoms with Crippen molar-refractivity contribution in [3.05, 3.63) is 41.5 Å². The first kappa shape index (κ1) is 12.1. The van der Waals surface area contributed by atoms with Crippen LogP contribution in [0.3, 0.4) is 0 Å². The van der Waals surface area contributed by atoms with Crippen LogP contribution >= 0.6 is 0 Å². The molecular weight excluding hydrogens is 214 g/mol. The molecule has 3 nitrogen and oxygen atoms in total. The van der Waals surface area contributed by atoms with Crippen LogP contribution in [-0.2, 0) is 16.1 Å². The quantitative estimate of drug-likeness (QED) is 0.802. The molecule has 2 rings (SSSR count). The van der Waals surface area contributed by atoms with Crippen molar-refractivity contribution in [3.63, 3.8) is 0 Å². The maximum absolute atomic E-state index is 10.7. The molecule has 1 aliphatic carbocycles. The number of ether oxygens (including phenoxy) is 1. The zero-order valence-electron chi connectivity index (χ0n) is 10.2. The summed E-state index contributed by atoms with van der Waals surface area (Å²) >= 11 is 0. The van der Waals surface area contributed by atoms with Gasteiger partial charge in [0.05, 0.1) is 18.8 Å². The molecule has 1 unspecified atom stereocenters. The zero-order valence-corrected chi connectivity index (χ0v) is 10.2. The number of carbonyl (C=O) groups excluding carboxylic acids is 1. The molecule has 1 fully saturated rings. The summed E-state index contributed by atoms with van der Waals surface area (Å²) in [7, 11) is 0. The van der Waals surface area contributed by atoms with E-state index in [2.05, 4.69) is 0 Å². The number of hydrogen-bond donors (Lipinski definition) is 1. The summed E-state index contributed by atoms with van der Waals surface area (Å²) in [5.74, 6) is 1.93. The summed E-state index contributed by atoms with van der Waals surface area (Å²) in [5.41, 5.74) is 6.92. The van der Waals surface area contributed by atoms with Gasteiger partial charge in [-0.2, -0.15) is 0 Å². The van der Waals surface area contributed by atoms with Gasteiger partial charge < -0.3 is 10.5 Å². The van der Waals surface area contributed by atoms with Crippen LogP contribution in [0.15, 0.2) is 35.9 Å². The van der Waals surface area contributed by atoms with Crippen LogP contribution in [0, 0.1) is 5.41 Å². The Bertz CT molecular complexity index is 460. The summed E-state index contributed by atoms with van der Waals surface area (Å²) in [6.45, 7) is 4.76. The Hall–Kier alpha value is -1.41. The molecular formula is C14H17NO2. The second-order valence-corrected chi connectivity index (χ2v) is 5.05. The molecule has 0 amide bonds. The largest absolute Gasteiger partial charge is 0.374 e. The molecule has 1 aromatic rings. The van der Waals surface area contributed by atoms with Gasteiger partial charge in [0.15, 0.2) is 0 Å². The van der Waals surface area contributed by atoms with Gasteiger partial charge in [-0.05, 0) is 5.56 Å². The second kappa shape index (κ2) is 4.11. The molecule has 0 heterocycles. The van der Waals surface area contributed by atoms with Crippen LogP contribution in [0.2, 0.25) is 0 Å². The van der Waals surface area contributed by atoms with Gasteiger partial charge in [0.1, 0.15) is 5.94 Å². The Labute approximate surface area is 101 Å². The van der Waals surface area contributed by atoms with Gasteiger partial charge in [-0.25, -0.2) is 4.79 Å². The predicted octanol–water partition coefficient (Wildman–Crippen LogP) is 1.70. The van der Waals surface area contributed by atoms with Crippen molar-refractivity contribution in [1.29, 1.82) is 0 Å². The average Bonchev–Trinajstić information content (AvgIpc) is 2.73. The highest BCUT2D eigenvalue weighted by Crippen LogP contribution is 2.58. The lowest BCUT2D eigenvalue weighted by molar-refractivity contribution is 0.0945. The Kier molecular flexibility index (Phi) is 2.92. The van der Waals surface area contributed by atoms with Crippen LogP contribution in [0.25, 0.3) is 0 Å². The van der Waals surface area contributed by atoms with Gasteiger partial charge in [0.2, 0.25) is 0 Å². The lowest BCUT2D eigenvalue weighted by atomic mass is 10.1. The summed E-state index contributed by atoms with van der Waals surface area (Å²) in [5, 5.41) is 0. The summed E-state index contributed by atoms with van der Waals surface area (Å²) < 4.78 is 5.59. The Morgan fingerprint density at radius 1 is 1.29 bits per heavy atom. The maximum Gasteiger partial charge on any atom is 0.126 e. The van der Waals surface area contributed by atoms with Gasteiger partial charge in [0, 0.05) is 11.0 Å². The van der Waals surface area contributed by atoms with E-state index < -0.39 is 5.54 Å².